The molecule has 120 valence electrons. The number of aromatic hydroxyl groups is 1. The number of hydroxylamine groups is 1. The molecular formula is C14H15F2NO4S. The van der Waals surface area contributed by atoms with Gasteiger partial charge in [-0.25, -0.2) is 14.3 Å². The Bertz CT molecular complexity index is 687. The van der Waals surface area contributed by atoms with Crippen molar-refractivity contribution in [1.82, 2.24) is 5.48 Å². The first-order chi connectivity index (χ1) is 10.4. The number of alkyl halides is 2. The minimum atomic E-state index is -3.20. The second-order valence-corrected chi connectivity index (χ2v) is 5.72. The largest absolute Gasteiger partial charge is 0.504 e. The minimum Gasteiger partial charge on any atom is -0.504 e. The number of thiophene rings is 1. The lowest BCUT2D eigenvalue weighted by atomic mass is 10.1. The maximum absolute atomic E-state index is 14.1. The Morgan fingerprint density at radius 3 is 2.77 bits per heavy atom. The molecule has 0 saturated heterocycles. The second kappa shape index (κ2) is 6.45. The van der Waals surface area contributed by atoms with Gasteiger partial charge >= 0.3 is 0 Å². The van der Waals surface area contributed by atoms with Crippen molar-refractivity contribution in [3.63, 3.8) is 0 Å². The number of phenolic OH excluding ortho intramolecular Hbond substituents is 1. The van der Waals surface area contributed by atoms with Gasteiger partial charge in [0.25, 0.3) is 5.92 Å². The summed E-state index contributed by atoms with van der Waals surface area (Å²) in [5.74, 6) is -3.93. The summed E-state index contributed by atoms with van der Waals surface area (Å²) in [6.45, 7) is 2.10. The normalized spacial score (nSPS) is 11.6. The SMILES string of the molecule is CCOc1cc2cc(C(F)(F)CCC(=O)NO)sc2cc1O. The molecule has 1 amide bonds. The number of benzene rings is 1. The van der Waals surface area contributed by atoms with Crippen molar-refractivity contribution in [1.29, 1.82) is 0 Å². The molecule has 0 bridgehead atoms. The van der Waals surface area contributed by atoms with Crippen molar-refractivity contribution in [3.8, 4) is 11.5 Å². The van der Waals surface area contributed by atoms with Crippen LogP contribution >= 0.6 is 11.3 Å². The minimum absolute atomic E-state index is 0.106. The summed E-state index contributed by atoms with van der Waals surface area (Å²) in [5, 5.41) is 18.7. The van der Waals surface area contributed by atoms with Gasteiger partial charge in [0, 0.05) is 23.6 Å². The smallest absolute Gasteiger partial charge is 0.282 e. The number of rotatable bonds is 6. The molecule has 22 heavy (non-hydrogen) atoms. The summed E-state index contributed by atoms with van der Waals surface area (Å²) in [6.07, 6.45) is -1.20. The van der Waals surface area contributed by atoms with Gasteiger partial charge in [0.05, 0.1) is 11.5 Å². The van der Waals surface area contributed by atoms with E-state index < -0.39 is 24.7 Å². The van der Waals surface area contributed by atoms with Gasteiger partial charge in [0.2, 0.25) is 5.91 Å². The summed E-state index contributed by atoms with van der Waals surface area (Å²) in [6, 6.07) is 4.20. The fourth-order valence-electron chi connectivity index (χ4n) is 1.96. The van der Waals surface area contributed by atoms with Gasteiger partial charge < -0.3 is 9.84 Å². The third-order valence-electron chi connectivity index (χ3n) is 3.05. The number of hydrogen-bond donors (Lipinski definition) is 3. The zero-order chi connectivity index (χ0) is 16.3. The molecule has 0 atom stereocenters. The van der Waals surface area contributed by atoms with Crippen molar-refractivity contribution < 1.29 is 28.6 Å². The number of phenols is 1. The van der Waals surface area contributed by atoms with E-state index in [1.54, 1.807) is 6.92 Å². The molecule has 0 saturated carbocycles. The van der Waals surface area contributed by atoms with Gasteiger partial charge in [0.15, 0.2) is 11.5 Å². The molecule has 2 rings (SSSR count). The topological polar surface area (TPSA) is 78.8 Å². The van der Waals surface area contributed by atoms with Crippen molar-refractivity contribution in [2.24, 2.45) is 0 Å². The Morgan fingerprint density at radius 1 is 1.41 bits per heavy atom. The Kier molecular flexibility index (Phi) is 4.82. The van der Waals surface area contributed by atoms with Crippen molar-refractivity contribution in [3.05, 3.63) is 23.1 Å². The third kappa shape index (κ3) is 3.45. The van der Waals surface area contributed by atoms with E-state index >= 15 is 0 Å². The highest BCUT2D eigenvalue weighted by molar-refractivity contribution is 7.19. The van der Waals surface area contributed by atoms with E-state index in [4.69, 9.17) is 9.94 Å². The van der Waals surface area contributed by atoms with Crippen LogP contribution in [0.3, 0.4) is 0 Å². The molecule has 0 spiro atoms. The molecule has 0 aliphatic carbocycles. The fraction of sp³-hybridized carbons (Fsp3) is 0.357. The Balaban J connectivity index is 2.29. The molecule has 0 unspecified atom stereocenters. The lowest BCUT2D eigenvalue weighted by Gasteiger charge is -2.13. The lowest BCUT2D eigenvalue weighted by molar-refractivity contribution is -0.131. The molecule has 8 heteroatoms. The first-order valence-corrected chi connectivity index (χ1v) is 7.39. The molecule has 0 aliphatic rings. The number of carbonyl (C=O) groups excluding carboxylic acids is 1. The first-order valence-electron chi connectivity index (χ1n) is 6.58. The van der Waals surface area contributed by atoms with Gasteiger partial charge in [-0.15, -0.1) is 11.3 Å². The molecule has 0 radical (unpaired) electrons. The van der Waals surface area contributed by atoms with Crippen LogP contribution in [0.4, 0.5) is 8.78 Å². The van der Waals surface area contributed by atoms with Crippen molar-refractivity contribution in [2.45, 2.75) is 25.7 Å². The average molecular weight is 331 g/mol. The van der Waals surface area contributed by atoms with E-state index in [0.29, 0.717) is 16.7 Å². The van der Waals surface area contributed by atoms with E-state index in [-0.39, 0.29) is 16.4 Å². The molecule has 5 nitrogen and oxygen atoms in total. The van der Waals surface area contributed by atoms with Crippen LogP contribution in [-0.4, -0.2) is 22.8 Å². The summed E-state index contributed by atoms with van der Waals surface area (Å²) >= 11 is 0.845. The van der Waals surface area contributed by atoms with Gasteiger partial charge in [-0.05, 0) is 24.4 Å². The van der Waals surface area contributed by atoms with Crippen LogP contribution in [0, 0.1) is 0 Å². The maximum Gasteiger partial charge on any atom is 0.282 e. The number of fused-ring (bicyclic) bond motifs is 1. The number of ether oxygens (including phenoxy) is 1. The van der Waals surface area contributed by atoms with Crippen LogP contribution in [-0.2, 0) is 10.7 Å². The molecule has 0 fully saturated rings. The summed E-state index contributed by atoms with van der Waals surface area (Å²) in [7, 11) is 0. The molecule has 1 aromatic heterocycles. The van der Waals surface area contributed by atoms with Crippen LogP contribution in [0.15, 0.2) is 18.2 Å². The highest BCUT2D eigenvalue weighted by Gasteiger charge is 2.34. The van der Waals surface area contributed by atoms with Gasteiger partial charge in [-0.1, -0.05) is 0 Å². The van der Waals surface area contributed by atoms with Crippen LogP contribution in [0.2, 0.25) is 0 Å². The van der Waals surface area contributed by atoms with Crippen LogP contribution in [0.25, 0.3) is 10.1 Å². The van der Waals surface area contributed by atoms with Crippen LogP contribution in [0.1, 0.15) is 24.6 Å². The summed E-state index contributed by atoms with van der Waals surface area (Å²) in [5.41, 5.74) is 1.33. The second-order valence-electron chi connectivity index (χ2n) is 4.64. The van der Waals surface area contributed by atoms with Gasteiger partial charge in [-0.3, -0.25) is 10.0 Å². The molecule has 1 aromatic carbocycles. The predicted octanol–water partition coefficient (Wildman–Crippen LogP) is 3.38. The standard InChI is InChI=1S/C14H15F2NO4S/c1-2-21-10-5-8-6-12(22-11(8)7-9(10)18)14(15,16)4-3-13(19)17-20/h5-7,18,20H,2-4H2,1H3,(H,17,19). The zero-order valence-electron chi connectivity index (χ0n) is 11.7. The van der Waals surface area contributed by atoms with E-state index in [0.717, 1.165) is 11.3 Å². The Hall–Kier alpha value is -1.93. The number of halogens is 2. The van der Waals surface area contributed by atoms with E-state index in [2.05, 4.69) is 0 Å². The molecule has 1 heterocycles. The maximum atomic E-state index is 14.1. The summed E-state index contributed by atoms with van der Waals surface area (Å²) < 4.78 is 33.9. The highest BCUT2D eigenvalue weighted by atomic mass is 32.1. The molecule has 3 N–H and O–H groups in total. The molecule has 0 aliphatic heterocycles. The van der Waals surface area contributed by atoms with Gasteiger partial charge in [-0.2, -0.15) is 0 Å². The van der Waals surface area contributed by atoms with Crippen LogP contribution < -0.4 is 10.2 Å². The van der Waals surface area contributed by atoms with E-state index in [1.807, 2.05) is 0 Å². The number of hydrogen-bond acceptors (Lipinski definition) is 5. The molecule has 2 aromatic rings. The molecular weight excluding hydrogens is 316 g/mol. The third-order valence-corrected chi connectivity index (χ3v) is 4.26. The zero-order valence-corrected chi connectivity index (χ0v) is 12.5. The highest BCUT2D eigenvalue weighted by Crippen LogP contribution is 2.42. The van der Waals surface area contributed by atoms with E-state index in [9.17, 15) is 18.7 Å². The van der Waals surface area contributed by atoms with Crippen molar-refractivity contribution >= 4 is 27.3 Å². The Morgan fingerprint density at radius 2 is 2.14 bits per heavy atom. The fourth-order valence-corrected chi connectivity index (χ4v) is 3.04. The summed E-state index contributed by atoms with van der Waals surface area (Å²) in [4.78, 5) is 10.7. The Labute approximate surface area is 129 Å². The number of carbonyl (C=O) groups is 1. The van der Waals surface area contributed by atoms with Crippen LogP contribution in [0.5, 0.6) is 11.5 Å². The number of nitrogens with one attached hydrogen (secondary N) is 1. The first kappa shape index (κ1) is 16.4. The van der Waals surface area contributed by atoms with Crippen molar-refractivity contribution in [2.75, 3.05) is 6.61 Å². The quantitative estimate of drug-likeness (QED) is 0.560. The monoisotopic (exact) mass is 331 g/mol. The number of amides is 1. The van der Waals surface area contributed by atoms with Gasteiger partial charge in [0.1, 0.15) is 0 Å². The van der Waals surface area contributed by atoms with E-state index in [1.165, 1.54) is 23.7 Å². The predicted molar refractivity (Wildman–Crippen MR) is 77.7 cm³/mol. The lowest BCUT2D eigenvalue weighted by Crippen LogP contribution is -2.22. The average Bonchev–Trinajstić information content (AvgIpc) is 2.89.